The fourth-order valence-corrected chi connectivity index (χ4v) is 7.64. The molecule has 10 nitrogen and oxygen atoms in total. The Hall–Kier alpha value is -3.43. The number of nitrogens with zero attached hydrogens (tertiary/aromatic N) is 1. The summed E-state index contributed by atoms with van der Waals surface area (Å²) in [5.41, 5.74) is 6.79. The Morgan fingerprint density at radius 2 is 1.49 bits per heavy atom. The van der Waals surface area contributed by atoms with Crippen LogP contribution in [0.3, 0.4) is 0 Å². The van der Waals surface area contributed by atoms with Gasteiger partial charge in [-0.15, -0.1) is 0 Å². The van der Waals surface area contributed by atoms with E-state index in [0.29, 0.717) is 32.1 Å². The molecule has 43 heavy (non-hydrogen) atoms. The summed E-state index contributed by atoms with van der Waals surface area (Å²) in [4.78, 5) is 56.8. The maximum atomic E-state index is 12.5. The highest BCUT2D eigenvalue weighted by atomic mass is 16.4. The number of aliphatic imine (C=N–C) groups is 1. The highest BCUT2D eigenvalue weighted by Crippen LogP contribution is 2.36. The minimum Gasteiger partial charge on any atom is -0.481 e. The Bertz CT molecular complexity index is 1330. The molecule has 7 unspecified atom stereocenters. The third-order valence-electron chi connectivity index (χ3n) is 10.4. The molecule has 0 radical (unpaired) electrons. The molecule has 3 aliphatic heterocycles. The van der Waals surface area contributed by atoms with Crippen molar-refractivity contribution in [1.82, 2.24) is 15.6 Å². The number of allylic oxidation sites excluding steroid dienone is 1. The Kier molecular flexibility index (Phi) is 10.2. The zero-order valence-corrected chi connectivity index (χ0v) is 26.4. The second-order valence-corrected chi connectivity index (χ2v) is 12.8. The quantitative estimate of drug-likeness (QED) is 0.217. The van der Waals surface area contributed by atoms with Crippen molar-refractivity contribution in [3.05, 3.63) is 33.7 Å². The van der Waals surface area contributed by atoms with Gasteiger partial charge in [0.05, 0.1) is 6.04 Å². The second-order valence-electron chi connectivity index (χ2n) is 12.8. The highest BCUT2D eigenvalue weighted by Gasteiger charge is 2.41. The number of carboxylic acids is 2. The summed E-state index contributed by atoms with van der Waals surface area (Å²) in [6.07, 6.45) is 4.16. The van der Waals surface area contributed by atoms with Crippen LogP contribution in [-0.4, -0.2) is 62.8 Å². The fourth-order valence-electron chi connectivity index (χ4n) is 7.64. The van der Waals surface area contributed by atoms with Crippen LogP contribution in [0.4, 0.5) is 0 Å². The summed E-state index contributed by atoms with van der Waals surface area (Å²) in [5.74, 6) is -1.25. The van der Waals surface area contributed by atoms with Crippen molar-refractivity contribution in [2.45, 2.75) is 117 Å². The minimum absolute atomic E-state index is 0.000502. The molecule has 0 spiro atoms. The first-order valence-corrected chi connectivity index (χ1v) is 15.9. The molecular weight excluding hydrogens is 548 g/mol. The van der Waals surface area contributed by atoms with E-state index >= 15 is 0 Å². The molecule has 4 heterocycles. The van der Waals surface area contributed by atoms with Crippen molar-refractivity contribution in [1.29, 1.82) is 0 Å². The average Bonchev–Trinajstić information content (AvgIpc) is 3.59. The SMILES string of the molecule is CCC1C(=O)NC(Cc2[nH]c(CC3N=C(CC4NC(=O)C(C)C4CC)C(C)=C3CCC(=O)O)c(CCC(=O)O)c2C)C1C. The molecule has 236 valence electrons. The topological polar surface area (TPSA) is 161 Å². The van der Waals surface area contributed by atoms with E-state index < -0.39 is 11.9 Å². The lowest BCUT2D eigenvalue weighted by Crippen LogP contribution is -2.31. The summed E-state index contributed by atoms with van der Waals surface area (Å²) in [6, 6.07) is -0.287. The first kappa shape index (κ1) is 32.5. The van der Waals surface area contributed by atoms with Gasteiger partial charge in [-0.2, -0.15) is 0 Å². The zero-order chi connectivity index (χ0) is 31.6. The summed E-state index contributed by atoms with van der Waals surface area (Å²) in [6.45, 7) is 12.2. The summed E-state index contributed by atoms with van der Waals surface area (Å²) >= 11 is 0. The van der Waals surface area contributed by atoms with Gasteiger partial charge in [0.15, 0.2) is 0 Å². The van der Waals surface area contributed by atoms with Crippen molar-refractivity contribution in [3.8, 4) is 0 Å². The number of carbonyl (C=O) groups excluding carboxylic acids is 2. The predicted octanol–water partition coefficient (Wildman–Crippen LogP) is 4.14. The van der Waals surface area contributed by atoms with Crippen molar-refractivity contribution < 1.29 is 29.4 Å². The number of aliphatic carboxylic acids is 2. The standard InChI is InChI=1S/C33H48N4O6/c1-7-20-19(6)32(42)37-27(20)14-25-18(5)23(10-12-31(40)41)29(35-25)15-28-22(9-11-30(38)39)17(4)24(34-28)13-26-16(3)21(8-2)33(43)36-26/h16,19-21,26-27,29,34H,7-15H2,1-6H3,(H,36,43)(H,37,42)(H,38,39)(H,40,41). The molecule has 0 saturated carbocycles. The maximum absolute atomic E-state index is 12.5. The maximum Gasteiger partial charge on any atom is 0.303 e. The van der Waals surface area contributed by atoms with Gasteiger partial charge in [-0.3, -0.25) is 24.2 Å². The highest BCUT2D eigenvalue weighted by molar-refractivity contribution is 6.03. The predicted molar refractivity (Wildman–Crippen MR) is 164 cm³/mol. The smallest absolute Gasteiger partial charge is 0.303 e. The van der Waals surface area contributed by atoms with Crippen molar-refractivity contribution in [2.75, 3.05) is 0 Å². The number of rotatable bonds is 14. The fraction of sp³-hybridized carbons (Fsp3) is 0.667. The van der Waals surface area contributed by atoms with Gasteiger partial charge in [-0.1, -0.05) is 34.1 Å². The molecule has 4 rings (SSSR count). The van der Waals surface area contributed by atoms with Crippen molar-refractivity contribution in [2.24, 2.45) is 28.7 Å². The van der Waals surface area contributed by atoms with Gasteiger partial charge >= 0.3 is 11.9 Å². The third kappa shape index (κ3) is 6.88. The van der Waals surface area contributed by atoms with Crippen LogP contribution >= 0.6 is 0 Å². The lowest BCUT2D eigenvalue weighted by atomic mass is 9.85. The number of carboxylic acid groups (broad SMARTS) is 2. The third-order valence-corrected chi connectivity index (χ3v) is 10.4. The van der Waals surface area contributed by atoms with Gasteiger partial charge in [0.25, 0.3) is 0 Å². The van der Waals surface area contributed by atoms with Crippen LogP contribution < -0.4 is 10.6 Å². The molecule has 0 aliphatic carbocycles. The van der Waals surface area contributed by atoms with Crippen LogP contribution in [0.2, 0.25) is 0 Å². The van der Waals surface area contributed by atoms with Crippen LogP contribution in [0.25, 0.3) is 0 Å². The van der Waals surface area contributed by atoms with E-state index in [1.165, 1.54) is 0 Å². The van der Waals surface area contributed by atoms with Crippen LogP contribution in [0.5, 0.6) is 0 Å². The molecule has 5 N–H and O–H groups in total. The van der Waals surface area contributed by atoms with Gasteiger partial charge in [-0.25, -0.2) is 0 Å². The Balaban J connectivity index is 1.64. The minimum atomic E-state index is -0.868. The molecule has 1 aromatic heterocycles. The van der Waals surface area contributed by atoms with Gasteiger partial charge < -0.3 is 25.8 Å². The van der Waals surface area contributed by atoms with E-state index in [1.54, 1.807) is 0 Å². The van der Waals surface area contributed by atoms with Crippen LogP contribution in [-0.2, 0) is 38.4 Å². The molecule has 10 heteroatoms. The van der Waals surface area contributed by atoms with Crippen LogP contribution in [0.15, 0.2) is 16.1 Å². The lowest BCUT2D eigenvalue weighted by molar-refractivity contribution is -0.138. The molecule has 1 aromatic rings. The molecule has 3 aliphatic rings. The molecular formula is C33H48N4O6. The molecule has 2 fully saturated rings. The molecule has 0 aromatic carbocycles. The number of H-pyrrole nitrogens is 1. The number of aromatic nitrogens is 1. The zero-order valence-electron chi connectivity index (χ0n) is 26.4. The Morgan fingerprint density at radius 1 is 0.837 bits per heavy atom. The van der Waals surface area contributed by atoms with E-state index in [1.807, 2.05) is 27.7 Å². The number of hydrogen-bond acceptors (Lipinski definition) is 5. The molecule has 0 bridgehead atoms. The normalized spacial score (nSPS) is 28.8. The summed E-state index contributed by atoms with van der Waals surface area (Å²) in [7, 11) is 0. The number of hydrogen-bond donors (Lipinski definition) is 5. The average molecular weight is 597 g/mol. The lowest BCUT2D eigenvalue weighted by Gasteiger charge is -2.19. The van der Waals surface area contributed by atoms with E-state index in [4.69, 9.17) is 4.99 Å². The second kappa shape index (κ2) is 13.5. The number of nitrogens with one attached hydrogen (secondary N) is 3. The molecule has 2 amide bonds. The van der Waals surface area contributed by atoms with Crippen molar-refractivity contribution in [3.63, 3.8) is 0 Å². The van der Waals surface area contributed by atoms with E-state index in [2.05, 4.69) is 29.5 Å². The summed E-state index contributed by atoms with van der Waals surface area (Å²) in [5, 5.41) is 25.3. The Labute approximate surface area is 254 Å². The monoisotopic (exact) mass is 596 g/mol. The first-order chi connectivity index (χ1) is 20.4. The van der Waals surface area contributed by atoms with E-state index in [9.17, 15) is 29.4 Å². The van der Waals surface area contributed by atoms with Gasteiger partial charge in [0, 0.05) is 73.1 Å². The van der Waals surface area contributed by atoms with E-state index in [-0.39, 0.29) is 66.5 Å². The number of amides is 2. The number of carbonyl (C=O) groups is 4. The van der Waals surface area contributed by atoms with Gasteiger partial charge in [-0.05, 0) is 67.2 Å². The summed E-state index contributed by atoms with van der Waals surface area (Å²) < 4.78 is 0. The first-order valence-electron chi connectivity index (χ1n) is 15.9. The van der Waals surface area contributed by atoms with Crippen LogP contribution in [0, 0.1) is 30.6 Å². The molecule has 2 saturated heterocycles. The van der Waals surface area contributed by atoms with Gasteiger partial charge in [0.1, 0.15) is 0 Å². The van der Waals surface area contributed by atoms with Crippen molar-refractivity contribution >= 4 is 29.5 Å². The largest absolute Gasteiger partial charge is 0.481 e. The number of aromatic amines is 1. The Morgan fingerprint density at radius 3 is 2.09 bits per heavy atom. The van der Waals surface area contributed by atoms with E-state index in [0.717, 1.165) is 52.2 Å². The van der Waals surface area contributed by atoms with Crippen LogP contribution in [0.1, 0.15) is 95.7 Å². The van der Waals surface area contributed by atoms with Gasteiger partial charge in [0.2, 0.25) is 11.8 Å². The molecule has 7 atom stereocenters.